The molecule has 0 radical (unpaired) electrons. The predicted octanol–water partition coefficient (Wildman–Crippen LogP) is 2.89. The van der Waals surface area contributed by atoms with Crippen LogP contribution in [-0.4, -0.2) is 36.1 Å². The molecule has 16 heavy (non-hydrogen) atoms. The van der Waals surface area contributed by atoms with Crippen molar-refractivity contribution in [2.45, 2.75) is 65.5 Å². The van der Waals surface area contributed by atoms with Crippen LogP contribution in [0.25, 0.3) is 0 Å². The molecule has 2 heteroatoms. The normalized spacial score (nSPS) is 26.2. The SMILES string of the molecule is CCCCCN1CC(C(C)C)NCC1(C)C. The zero-order valence-electron chi connectivity index (χ0n) is 11.8. The largest absolute Gasteiger partial charge is 0.311 e. The highest BCUT2D eigenvalue weighted by Gasteiger charge is 2.34. The average molecular weight is 226 g/mol. The second-order valence-corrected chi connectivity index (χ2v) is 6.20. The molecule has 0 spiro atoms. The summed E-state index contributed by atoms with van der Waals surface area (Å²) < 4.78 is 0. The Labute approximate surface area is 102 Å². The predicted molar refractivity (Wildman–Crippen MR) is 71.8 cm³/mol. The third-order valence-electron chi connectivity index (χ3n) is 3.91. The molecule has 1 aliphatic rings. The van der Waals surface area contributed by atoms with Gasteiger partial charge in [-0.05, 0) is 32.7 Å². The number of hydrogen-bond donors (Lipinski definition) is 1. The first kappa shape index (κ1) is 14.0. The summed E-state index contributed by atoms with van der Waals surface area (Å²) in [5, 5.41) is 3.69. The first-order valence-electron chi connectivity index (χ1n) is 6.96. The minimum absolute atomic E-state index is 0.332. The number of piperazine rings is 1. The molecule has 0 amide bonds. The van der Waals surface area contributed by atoms with Crippen molar-refractivity contribution in [2.75, 3.05) is 19.6 Å². The van der Waals surface area contributed by atoms with E-state index in [0.717, 1.165) is 12.5 Å². The first-order chi connectivity index (χ1) is 7.47. The van der Waals surface area contributed by atoms with E-state index in [9.17, 15) is 0 Å². The van der Waals surface area contributed by atoms with Crippen molar-refractivity contribution in [1.29, 1.82) is 0 Å². The molecule has 0 aromatic carbocycles. The molecule has 0 saturated carbocycles. The first-order valence-corrected chi connectivity index (χ1v) is 6.96. The maximum Gasteiger partial charge on any atom is 0.0278 e. The van der Waals surface area contributed by atoms with Crippen LogP contribution >= 0.6 is 0 Å². The van der Waals surface area contributed by atoms with Gasteiger partial charge in [-0.2, -0.15) is 0 Å². The second kappa shape index (κ2) is 6.02. The lowest BCUT2D eigenvalue weighted by Crippen LogP contribution is -2.63. The molecule has 0 aromatic heterocycles. The van der Waals surface area contributed by atoms with Crippen LogP contribution in [0.2, 0.25) is 0 Å². The quantitative estimate of drug-likeness (QED) is 0.725. The molecular weight excluding hydrogens is 196 g/mol. The van der Waals surface area contributed by atoms with E-state index in [0.29, 0.717) is 11.6 Å². The van der Waals surface area contributed by atoms with Crippen molar-refractivity contribution < 1.29 is 0 Å². The summed E-state index contributed by atoms with van der Waals surface area (Å²) >= 11 is 0. The molecule has 1 heterocycles. The smallest absolute Gasteiger partial charge is 0.0278 e. The molecule has 1 rings (SSSR count). The lowest BCUT2D eigenvalue weighted by Gasteiger charge is -2.47. The van der Waals surface area contributed by atoms with E-state index in [1.807, 2.05) is 0 Å². The van der Waals surface area contributed by atoms with E-state index in [1.165, 1.54) is 32.4 Å². The van der Waals surface area contributed by atoms with Crippen LogP contribution in [-0.2, 0) is 0 Å². The van der Waals surface area contributed by atoms with Gasteiger partial charge in [0.2, 0.25) is 0 Å². The van der Waals surface area contributed by atoms with Gasteiger partial charge in [0.05, 0.1) is 0 Å². The van der Waals surface area contributed by atoms with Gasteiger partial charge < -0.3 is 5.32 Å². The summed E-state index contributed by atoms with van der Waals surface area (Å²) in [5.41, 5.74) is 0.332. The standard InChI is InChI=1S/C14H30N2/c1-6-7-8-9-16-10-13(12(2)3)15-11-14(16,4)5/h12-13,15H,6-11H2,1-5H3. The molecule has 1 unspecified atom stereocenters. The third-order valence-corrected chi connectivity index (χ3v) is 3.91. The molecular formula is C14H30N2. The summed E-state index contributed by atoms with van der Waals surface area (Å²) in [6, 6.07) is 0.676. The summed E-state index contributed by atoms with van der Waals surface area (Å²) in [4.78, 5) is 2.68. The lowest BCUT2D eigenvalue weighted by atomic mass is 9.92. The van der Waals surface area contributed by atoms with Gasteiger partial charge in [-0.1, -0.05) is 33.6 Å². The summed E-state index contributed by atoms with van der Waals surface area (Å²) in [6.07, 6.45) is 4.04. The number of unbranched alkanes of at least 4 members (excludes halogenated alkanes) is 2. The fourth-order valence-electron chi connectivity index (χ4n) is 2.43. The van der Waals surface area contributed by atoms with Crippen LogP contribution in [0.5, 0.6) is 0 Å². The summed E-state index contributed by atoms with van der Waals surface area (Å²) in [6.45, 7) is 15.3. The maximum atomic E-state index is 3.69. The minimum atomic E-state index is 0.332. The van der Waals surface area contributed by atoms with Gasteiger partial charge in [0, 0.05) is 24.7 Å². The van der Waals surface area contributed by atoms with Crippen LogP contribution in [0, 0.1) is 5.92 Å². The zero-order valence-corrected chi connectivity index (χ0v) is 11.8. The average Bonchev–Trinajstić information content (AvgIpc) is 2.20. The third kappa shape index (κ3) is 3.74. The van der Waals surface area contributed by atoms with Gasteiger partial charge >= 0.3 is 0 Å². The van der Waals surface area contributed by atoms with Gasteiger partial charge in [0.15, 0.2) is 0 Å². The van der Waals surface area contributed by atoms with Crippen molar-refractivity contribution in [3.8, 4) is 0 Å². The molecule has 1 saturated heterocycles. The Morgan fingerprint density at radius 3 is 2.56 bits per heavy atom. The molecule has 1 fully saturated rings. The molecule has 1 aliphatic heterocycles. The topological polar surface area (TPSA) is 15.3 Å². The molecule has 1 N–H and O–H groups in total. The molecule has 1 atom stereocenters. The monoisotopic (exact) mass is 226 g/mol. The molecule has 2 nitrogen and oxygen atoms in total. The fourth-order valence-corrected chi connectivity index (χ4v) is 2.43. The molecule has 96 valence electrons. The number of nitrogens with one attached hydrogen (secondary N) is 1. The lowest BCUT2D eigenvalue weighted by molar-refractivity contribution is 0.0531. The van der Waals surface area contributed by atoms with Crippen molar-refractivity contribution in [2.24, 2.45) is 5.92 Å². The van der Waals surface area contributed by atoms with Crippen molar-refractivity contribution in [3.63, 3.8) is 0 Å². The highest BCUT2D eigenvalue weighted by atomic mass is 15.3. The Morgan fingerprint density at radius 2 is 2.00 bits per heavy atom. The van der Waals surface area contributed by atoms with E-state index in [2.05, 4.69) is 44.8 Å². The zero-order chi connectivity index (χ0) is 12.2. The van der Waals surface area contributed by atoms with E-state index in [-0.39, 0.29) is 0 Å². The van der Waals surface area contributed by atoms with Crippen LogP contribution < -0.4 is 5.32 Å². The second-order valence-electron chi connectivity index (χ2n) is 6.20. The molecule has 0 aliphatic carbocycles. The van der Waals surface area contributed by atoms with Crippen molar-refractivity contribution in [1.82, 2.24) is 10.2 Å². The van der Waals surface area contributed by atoms with E-state index in [1.54, 1.807) is 0 Å². The molecule has 0 bridgehead atoms. The Bertz CT molecular complexity index is 199. The molecule has 0 aromatic rings. The van der Waals surface area contributed by atoms with Crippen LogP contribution in [0.3, 0.4) is 0 Å². The number of rotatable bonds is 5. The highest BCUT2D eigenvalue weighted by Crippen LogP contribution is 2.21. The highest BCUT2D eigenvalue weighted by molar-refractivity contribution is 4.93. The van der Waals surface area contributed by atoms with Crippen LogP contribution in [0.4, 0.5) is 0 Å². The van der Waals surface area contributed by atoms with E-state index >= 15 is 0 Å². The number of hydrogen-bond acceptors (Lipinski definition) is 2. The van der Waals surface area contributed by atoms with E-state index in [4.69, 9.17) is 0 Å². The van der Waals surface area contributed by atoms with Gasteiger partial charge in [0.1, 0.15) is 0 Å². The van der Waals surface area contributed by atoms with Crippen molar-refractivity contribution >= 4 is 0 Å². The van der Waals surface area contributed by atoms with Gasteiger partial charge in [-0.15, -0.1) is 0 Å². The van der Waals surface area contributed by atoms with E-state index < -0.39 is 0 Å². The Hall–Kier alpha value is -0.0800. The number of nitrogens with zero attached hydrogens (tertiary/aromatic N) is 1. The van der Waals surface area contributed by atoms with Gasteiger partial charge in [0.25, 0.3) is 0 Å². The minimum Gasteiger partial charge on any atom is -0.311 e. The Morgan fingerprint density at radius 1 is 1.31 bits per heavy atom. The van der Waals surface area contributed by atoms with Gasteiger partial charge in [-0.25, -0.2) is 0 Å². The fraction of sp³-hybridized carbons (Fsp3) is 1.00. The van der Waals surface area contributed by atoms with Gasteiger partial charge in [-0.3, -0.25) is 4.90 Å². The Balaban J connectivity index is 2.48. The summed E-state index contributed by atoms with van der Waals surface area (Å²) in [7, 11) is 0. The van der Waals surface area contributed by atoms with Crippen LogP contribution in [0.15, 0.2) is 0 Å². The summed E-state index contributed by atoms with van der Waals surface area (Å²) in [5.74, 6) is 0.741. The Kier molecular flexibility index (Phi) is 5.26. The van der Waals surface area contributed by atoms with Crippen LogP contribution in [0.1, 0.15) is 53.9 Å². The van der Waals surface area contributed by atoms with Crippen molar-refractivity contribution in [3.05, 3.63) is 0 Å². The maximum absolute atomic E-state index is 3.69.